The molecule has 2 aromatic carbocycles. The summed E-state index contributed by atoms with van der Waals surface area (Å²) in [5.41, 5.74) is 0.469. The van der Waals surface area contributed by atoms with Crippen LogP contribution in [0.4, 0.5) is 5.69 Å². The summed E-state index contributed by atoms with van der Waals surface area (Å²) in [6.45, 7) is 5.13. The smallest absolute Gasteiger partial charge is 0.338 e. The zero-order valence-corrected chi connectivity index (χ0v) is 24.5. The van der Waals surface area contributed by atoms with Crippen molar-refractivity contribution >= 4 is 60.9 Å². The summed E-state index contributed by atoms with van der Waals surface area (Å²) < 4.78 is 13.5. The third kappa shape index (κ3) is 5.18. The first-order chi connectivity index (χ1) is 17.9. The number of carbonyl (C=O) groups excluding carboxylic acids is 1. The minimum absolute atomic E-state index is 0.108. The van der Waals surface area contributed by atoms with E-state index in [1.165, 1.54) is 29.9 Å². The van der Waals surface area contributed by atoms with E-state index in [9.17, 15) is 24.8 Å². The Bertz CT molecular complexity index is 1690. The molecule has 1 aliphatic rings. The van der Waals surface area contributed by atoms with Gasteiger partial charge in [0.05, 0.1) is 38.4 Å². The fourth-order valence-corrected chi connectivity index (χ4v) is 5.95. The molecular formula is C25H21Br2N3O7S. The molecule has 0 spiro atoms. The van der Waals surface area contributed by atoms with E-state index in [-0.39, 0.29) is 14.6 Å². The molecule has 0 amide bonds. The molecule has 3 aromatic rings. The second kappa shape index (κ2) is 10.8. The van der Waals surface area contributed by atoms with Gasteiger partial charge in [0.2, 0.25) is 5.75 Å². The number of phenolic OH excluding ortho intramolecular Hbond substituents is 1. The van der Waals surface area contributed by atoms with E-state index in [2.05, 4.69) is 36.9 Å². The number of ether oxygens (including phenoxy) is 2. The Morgan fingerprint density at radius 3 is 2.63 bits per heavy atom. The van der Waals surface area contributed by atoms with Crippen LogP contribution in [0, 0.1) is 10.1 Å². The van der Waals surface area contributed by atoms with Gasteiger partial charge in [-0.3, -0.25) is 19.5 Å². The Balaban J connectivity index is 2.01. The molecule has 198 valence electrons. The van der Waals surface area contributed by atoms with Crippen molar-refractivity contribution in [3.63, 3.8) is 0 Å². The zero-order chi connectivity index (χ0) is 27.9. The van der Waals surface area contributed by atoms with Crippen LogP contribution < -0.4 is 19.6 Å². The number of hydrogen-bond donors (Lipinski definition) is 1. The number of esters is 1. The summed E-state index contributed by atoms with van der Waals surface area (Å²) in [6, 6.07) is 7.00. The number of halogens is 2. The zero-order valence-electron chi connectivity index (χ0n) is 20.5. The van der Waals surface area contributed by atoms with E-state index in [1.54, 1.807) is 39.0 Å². The Morgan fingerprint density at radius 1 is 1.29 bits per heavy atom. The number of nitro benzene ring substituents is 1. The molecule has 1 aliphatic heterocycles. The molecule has 0 saturated carbocycles. The van der Waals surface area contributed by atoms with E-state index in [4.69, 9.17) is 9.47 Å². The summed E-state index contributed by atoms with van der Waals surface area (Å²) >= 11 is 7.65. The Morgan fingerprint density at radius 2 is 2.00 bits per heavy atom. The highest BCUT2D eigenvalue weighted by Gasteiger charge is 2.35. The second-order valence-corrected chi connectivity index (χ2v) is 11.3. The number of nitrogens with zero attached hydrogens (tertiary/aromatic N) is 3. The predicted octanol–water partition coefficient (Wildman–Crippen LogP) is 4.33. The van der Waals surface area contributed by atoms with Gasteiger partial charge in [-0.25, -0.2) is 9.79 Å². The number of thiazole rings is 1. The SMILES string of the molecule is COc1ccc(Br)cc1[C@H]1C(C(=O)OC(C)C)=C(C)N=c2s/c(=C\c3cc(Br)c(O)c([N+](=O)[O-])c3)c(=O)n21. The van der Waals surface area contributed by atoms with Crippen molar-refractivity contribution in [3.8, 4) is 11.5 Å². The lowest BCUT2D eigenvalue weighted by Crippen LogP contribution is -2.40. The van der Waals surface area contributed by atoms with Crippen LogP contribution in [0.2, 0.25) is 0 Å². The van der Waals surface area contributed by atoms with E-state index in [0.29, 0.717) is 31.8 Å². The van der Waals surface area contributed by atoms with Crippen molar-refractivity contribution in [2.75, 3.05) is 7.11 Å². The fraction of sp³-hybridized carbons (Fsp3) is 0.240. The number of phenols is 1. The summed E-state index contributed by atoms with van der Waals surface area (Å²) in [6.07, 6.45) is 1.07. The normalized spacial score (nSPS) is 15.3. The van der Waals surface area contributed by atoms with Crippen LogP contribution in [0.15, 0.2) is 60.3 Å². The minimum atomic E-state index is -0.909. The van der Waals surface area contributed by atoms with Crippen molar-refractivity contribution in [2.45, 2.75) is 32.9 Å². The Hall–Kier alpha value is -3.29. The molecule has 0 unspecified atom stereocenters. The highest BCUT2D eigenvalue weighted by Crippen LogP contribution is 2.38. The minimum Gasteiger partial charge on any atom is -0.501 e. The van der Waals surface area contributed by atoms with Gasteiger partial charge in [0.25, 0.3) is 5.56 Å². The monoisotopic (exact) mass is 665 g/mol. The summed E-state index contributed by atoms with van der Waals surface area (Å²) in [5.74, 6) is -0.671. The molecule has 0 bridgehead atoms. The number of benzene rings is 2. The third-order valence-electron chi connectivity index (χ3n) is 5.63. The van der Waals surface area contributed by atoms with Crippen LogP contribution in [-0.4, -0.2) is 33.8 Å². The maximum Gasteiger partial charge on any atom is 0.338 e. The van der Waals surface area contributed by atoms with Crippen molar-refractivity contribution < 1.29 is 24.3 Å². The third-order valence-corrected chi connectivity index (χ3v) is 7.71. The summed E-state index contributed by atoms with van der Waals surface area (Å²) in [7, 11) is 1.49. The van der Waals surface area contributed by atoms with Gasteiger partial charge >= 0.3 is 11.7 Å². The largest absolute Gasteiger partial charge is 0.501 e. The highest BCUT2D eigenvalue weighted by atomic mass is 79.9. The molecule has 1 aromatic heterocycles. The molecule has 38 heavy (non-hydrogen) atoms. The van der Waals surface area contributed by atoms with Gasteiger partial charge in [0.15, 0.2) is 4.80 Å². The summed E-state index contributed by atoms with van der Waals surface area (Å²) in [5, 5.41) is 21.4. The maximum atomic E-state index is 13.8. The molecule has 0 radical (unpaired) electrons. The topological polar surface area (TPSA) is 133 Å². The van der Waals surface area contributed by atoms with Crippen LogP contribution in [-0.2, 0) is 9.53 Å². The number of aromatic hydroxyl groups is 1. The maximum absolute atomic E-state index is 13.8. The number of fused-ring (bicyclic) bond motifs is 1. The lowest BCUT2D eigenvalue weighted by Gasteiger charge is -2.26. The Kier molecular flexibility index (Phi) is 7.90. The standard InChI is InChI=1S/C25H21Br2N3O7S/c1-11(2)37-24(33)20-12(3)28-25-29(21(20)15-10-14(26)5-6-18(15)36-4)23(32)19(38-25)9-13-7-16(27)22(31)17(8-13)30(34)35/h5-11,21,31H,1-4H3/b19-9-/t21-/m0/s1. The molecule has 1 N–H and O–H groups in total. The van der Waals surface area contributed by atoms with Crippen molar-refractivity contribution in [1.82, 2.24) is 4.57 Å². The number of rotatable bonds is 6. The lowest BCUT2D eigenvalue weighted by molar-refractivity contribution is -0.386. The van der Waals surface area contributed by atoms with Gasteiger partial charge < -0.3 is 14.6 Å². The van der Waals surface area contributed by atoms with Gasteiger partial charge in [-0.1, -0.05) is 27.3 Å². The first-order valence-electron chi connectivity index (χ1n) is 11.2. The average molecular weight is 667 g/mol. The number of allylic oxidation sites excluding steroid dienone is 1. The van der Waals surface area contributed by atoms with Crippen molar-refractivity contribution in [1.29, 1.82) is 0 Å². The number of nitro groups is 1. The Labute approximate surface area is 237 Å². The van der Waals surface area contributed by atoms with Crippen LogP contribution >= 0.6 is 43.2 Å². The summed E-state index contributed by atoms with van der Waals surface area (Å²) in [4.78, 5) is 42.6. The molecule has 1 atom stereocenters. The van der Waals surface area contributed by atoms with Crippen LogP contribution in [0.5, 0.6) is 11.5 Å². The highest BCUT2D eigenvalue weighted by molar-refractivity contribution is 9.10. The van der Waals surface area contributed by atoms with Crippen LogP contribution in [0.3, 0.4) is 0 Å². The number of hydrogen-bond acceptors (Lipinski definition) is 9. The van der Waals surface area contributed by atoms with Gasteiger partial charge in [-0.15, -0.1) is 0 Å². The van der Waals surface area contributed by atoms with Crippen molar-refractivity contribution in [2.24, 2.45) is 4.99 Å². The van der Waals surface area contributed by atoms with E-state index in [1.807, 2.05) is 0 Å². The van der Waals surface area contributed by atoms with Gasteiger partial charge in [0.1, 0.15) is 11.8 Å². The molecule has 0 aliphatic carbocycles. The van der Waals surface area contributed by atoms with E-state index < -0.39 is 40.0 Å². The molecular weight excluding hydrogens is 646 g/mol. The molecule has 10 nitrogen and oxygen atoms in total. The lowest BCUT2D eigenvalue weighted by atomic mass is 9.95. The van der Waals surface area contributed by atoms with Gasteiger partial charge in [-0.2, -0.15) is 0 Å². The number of aromatic nitrogens is 1. The predicted molar refractivity (Wildman–Crippen MR) is 148 cm³/mol. The first kappa shape index (κ1) is 27.7. The first-order valence-corrected chi connectivity index (χ1v) is 13.6. The quantitative estimate of drug-likeness (QED) is 0.235. The van der Waals surface area contributed by atoms with E-state index >= 15 is 0 Å². The van der Waals surface area contributed by atoms with Gasteiger partial charge in [-0.05, 0) is 72.6 Å². The molecule has 13 heteroatoms. The van der Waals surface area contributed by atoms with Gasteiger partial charge in [0, 0.05) is 16.1 Å². The van der Waals surface area contributed by atoms with Crippen molar-refractivity contribution in [3.05, 3.63) is 91.5 Å². The molecule has 0 saturated heterocycles. The molecule has 4 rings (SSSR count). The fourth-order valence-electron chi connectivity index (χ4n) is 4.05. The molecule has 2 heterocycles. The number of methoxy groups -OCH3 is 1. The van der Waals surface area contributed by atoms with Crippen LogP contribution in [0.25, 0.3) is 6.08 Å². The molecule has 0 fully saturated rings. The average Bonchev–Trinajstić information content (AvgIpc) is 3.13. The van der Waals surface area contributed by atoms with Crippen LogP contribution in [0.1, 0.15) is 37.9 Å². The van der Waals surface area contributed by atoms with E-state index in [0.717, 1.165) is 11.3 Å². The second-order valence-electron chi connectivity index (χ2n) is 8.55. The number of carbonyl (C=O) groups is 1.